The van der Waals surface area contributed by atoms with Gasteiger partial charge in [0.15, 0.2) is 5.82 Å². The second-order valence-corrected chi connectivity index (χ2v) is 41.1. The third kappa shape index (κ3) is 43.1. The Morgan fingerprint density at radius 1 is 0.428 bits per heavy atom. The molecule has 0 unspecified atom stereocenters. The zero-order chi connectivity index (χ0) is 108. The highest BCUT2D eigenvalue weighted by molar-refractivity contribution is 9.09. The minimum atomic E-state index is -0.879. The van der Waals surface area contributed by atoms with E-state index >= 15 is 0 Å². The topological polar surface area (TPSA) is 293 Å². The molecule has 0 aliphatic carbocycles. The molecule has 0 amide bonds. The molecule has 5 saturated heterocycles. The number of nitro benzene ring substituents is 2. The van der Waals surface area contributed by atoms with Crippen LogP contribution in [0.3, 0.4) is 0 Å². The lowest BCUT2D eigenvalue weighted by molar-refractivity contribution is -0.387. The van der Waals surface area contributed by atoms with Gasteiger partial charge in [-0.25, -0.2) is 55.2 Å². The number of ether oxygens (including phenoxy) is 7. The first-order valence-electron chi connectivity index (χ1n) is 49.6. The number of halogens is 7. The van der Waals surface area contributed by atoms with Gasteiger partial charge in [0.05, 0.1) is 163 Å². The first-order valence-corrected chi connectivity index (χ1v) is 51.8. The van der Waals surface area contributed by atoms with Crippen LogP contribution in [0.2, 0.25) is 0 Å². The number of hydrogen-bond donors (Lipinski definition) is 3. The van der Waals surface area contributed by atoms with Crippen LogP contribution >= 0.6 is 31.9 Å². The van der Waals surface area contributed by atoms with E-state index in [0.29, 0.717) is 183 Å². The molecular formula is C111H151Br2F5N14O13. The summed E-state index contributed by atoms with van der Waals surface area (Å²) in [6.45, 7) is 87.5. The van der Waals surface area contributed by atoms with E-state index in [4.69, 9.17) is 77.5 Å². The molecule has 12 rings (SSSR count). The Labute approximate surface area is 873 Å². The SMILES string of the molecule is BrCCOCCBr.CC(C)CN(CC(C)C)c1ccc(C2(OC=O)CCOCC2)cc1N.CC(C)CNCC(C)C.O=C=Nc1ccc(F)cc1F.[C-]#[N+]C1(c2ccc(F)c([N+](=O)[O-])c2)CCOCC1.[C-]#[N+]C1(c2ccc(F)cc2)CCOCC1.[C-]#[N+]C1(c2ccc(N(CC(C)C)CC(C)C)c(N)c2)CCOCC1.[C-]#[N+]C1(c2ccc(N(CC(C)C)CC(C)C)c([N+](=O)[O-])c2)CCOCC1.[C-]#[N+]Cc1ccc(F)cc1. The van der Waals surface area contributed by atoms with Crippen molar-refractivity contribution in [1.82, 2.24) is 5.32 Å². The number of alkyl halides is 2. The first-order chi connectivity index (χ1) is 69.0. The van der Waals surface area contributed by atoms with E-state index in [-0.39, 0.29) is 27.9 Å². The molecule has 0 radical (unpaired) electrons. The predicted octanol–water partition coefficient (Wildman–Crippen LogP) is 25.8. The highest BCUT2D eigenvalue weighted by atomic mass is 79.9. The van der Waals surface area contributed by atoms with Crippen LogP contribution in [0, 0.1) is 130 Å². The molecule has 0 bridgehead atoms. The molecule has 34 heteroatoms. The van der Waals surface area contributed by atoms with Crippen LogP contribution in [-0.2, 0) is 77.0 Å². The monoisotopic (exact) mass is 2140 g/mol. The van der Waals surface area contributed by atoms with Crippen LogP contribution in [0.4, 0.5) is 67.5 Å². The maximum atomic E-state index is 13.3. The Kier molecular flexibility index (Phi) is 57.7. The maximum absolute atomic E-state index is 13.3. The van der Waals surface area contributed by atoms with Crippen LogP contribution in [0.5, 0.6) is 0 Å². The van der Waals surface area contributed by atoms with Gasteiger partial charge in [-0.15, -0.1) is 0 Å². The summed E-state index contributed by atoms with van der Waals surface area (Å²) in [5, 5.41) is 27.8. The number of carbonyl (C=O) groups is 1. The summed E-state index contributed by atoms with van der Waals surface area (Å²) in [6, 6.07) is 36.3. The first kappa shape index (κ1) is 126. The normalized spacial score (nSPS) is 15.4. The molecule has 7 aromatic carbocycles. The van der Waals surface area contributed by atoms with Crippen LogP contribution in [-0.4, -0.2) is 165 Å². The van der Waals surface area contributed by atoms with Crippen molar-refractivity contribution < 1.29 is 74.5 Å². The molecule has 5 heterocycles. The number of anilines is 5. The van der Waals surface area contributed by atoms with Gasteiger partial charge in [0, 0.05) is 109 Å². The lowest BCUT2D eigenvalue weighted by Gasteiger charge is -2.36. The molecule has 5 N–H and O–H groups in total. The smallest absolute Gasteiger partial charge is 0.305 e. The maximum Gasteiger partial charge on any atom is 0.305 e. The van der Waals surface area contributed by atoms with Crippen molar-refractivity contribution in [2.75, 3.05) is 168 Å². The van der Waals surface area contributed by atoms with E-state index in [2.05, 4.69) is 210 Å². The van der Waals surface area contributed by atoms with E-state index in [1.807, 2.05) is 30.3 Å². The summed E-state index contributed by atoms with van der Waals surface area (Å²) >= 11 is 6.48. The van der Waals surface area contributed by atoms with Gasteiger partial charge >= 0.3 is 5.69 Å². The fourth-order valence-electron chi connectivity index (χ4n) is 16.8. The van der Waals surface area contributed by atoms with E-state index < -0.39 is 55.8 Å². The summed E-state index contributed by atoms with van der Waals surface area (Å²) in [6.07, 6.45) is 7.46. The van der Waals surface area contributed by atoms with Crippen LogP contribution in [0.15, 0.2) is 145 Å². The third-order valence-corrected chi connectivity index (χ3v) is 24.6. The average molecular weight is 2140 g/mol. The second kappa shape index (κ2) is 66.2. The van der Waals surface area contributed by atoms with E-state index in [1.165, 1.54) is 36.4 Å². The van der Waals surface area contributed by atoms with Crippen LogP contribution < -0.4 is 31.5 Å². The molecule has 7 aromatic rings. The molecule has 0 saturated carbocycles. The lowest BCUT2D eigenvalue weighted by Crippen LogP contribution is -2.36. The van der Waals surface area contributed by atoms with Gasteiger partial charge in [0.1, 0.15) is 34.4 Å². The fourth-order valence-corrected chi connectivity index (χ4v) is 17.2. The zero-order valence-corrected chi connectivity index (χ0v) is 90.5. The van der Waals surface area contributed by atoms with E-state index in [1.54, 1.807) is 30.3 Å². The van der Waals surface area contributed by atoms with Gasteiger partial charge in [-0.2, -0.15) is 9.38 Å². The average Bonchev–Trinajstić information content (AvgIpc) is 0.577. The number of nitrogen functional groups attached to an aromatic ring is 2. The summed E-state index contributed by atoms with van der Waals surface area (Å²) in [5.41, 5.74) is 18.3. The van der Waals surface area contributed by atoms with Gasteiger partial charge in [0.2, 0.25) is 18.4 Å². The molecule has 5 aliphatic rings. The number of benzene rings is 7. The largest absolute Gasteiger partial charge is 0.456 e. The van der Waals surface area contributed by atoms with Gasteiger partial charge < -0.3 is 88.9 Å². The third-order valence-electron chi connectivity index (χ3n) is 23.9. The number of nitrogens with two attached hydrogens (primary N) is 2. The van der Waals surface area contributed by atoms with Crippen LogP contribution in [0.25, 0.3) is 24.2 Å². The van der Waals surface area contributed by atoms with E-state index in [0.717, 1.165) is 176 Å². The minimum absolute atomic E-state index is 0.0957. The van der Waals surface area contributed by atoms with Gasteiger partial charge in [-0.05, 0) is 181 Å². The minimum Gasteiger partial charge on any atom is -0.456 e. The Morgan fingerprint density at radius 3 is 1.08 bits per heavy atom. The van der Waals surface area contributed by atoms with Crippen molar-refractivity contribution in [2.45, 2.75) is 209 Å². The Morgan fingerprint density at radius 2 is 0.745 bits per heavy atom. The number of nitrogens with one attached hydrogen (secondary N) is 1. The standard InChI is InChI=1S/C20H29N3O3.C20H31N3O.C20H32N2O3.C12H11FN2O3.C12H12FNO.C8H6FN.C8H19N.C7H3F2NO.C4H8Br2O/c1-15(2)13-22(14-16(3)4)18-7-6-17(12-19(18)23(24)25)20(21-5)8-10-26-11-9-20;1-15(2)13-23(14-16(3)4)19-7-6-17(12-18(19)21)20(22-5)8-10-24-11-9-20;1-15(2)12-22(13-16(3)4)19-6-5-17(11-18(19)21)20(25-14-23)7-9-24-10-8-20;1-14-12(4-6-18-7-5-12)9-2-3-10(13)11(8-9)15(16)17;1-14-12(6-8-15-9-7-12)10-2-4-11(13)5-3-10;1-10-6-7-2-4-8(9)5-3-7;1-7(2)5-9-6-8(3)4;8-5-1-2-7(10-4-11)6(9)3-5;5-1-3-7-4-2-6/h6-7,12,15-16H,8-11,13-14H2,1-4H3;6-7,12,15-16H,8-11,13-14,21H2,1-4H3;5-6,11,14-16H,7-10,12-13,21H2,1-4H3;2-3,8H,4-7H2;2-5H,6-9H2;2-5H,6H2;7-9H,5-6H2,1-4H3;1-3H;1-4H2. The molecule has 5 fully saturated rings. The van der Waals surface area contributed by atoms with Crippen molar-refractivity contribution in [3.8, 4) is 0 Å². The molecule has 0 aromatic heterocycles. The Balaban J connectivity index is 0.000000350. The molecule has 0 atom stereocenters. The van der Waals surface area contributed by atoms with Crippen molar-refractivity contribution in [1.29, 1.82) is 0 Å². The second-order valence-electron chi connectivity index (χ2n) is 39.5. The van der Waals surface area contributed by atoms with Gasteiger partial charge in [-0.3, -0.25) is 25.0 Å². The number of hydrogen-bond acceptors (Lipinski definition) is 20. The zero-order valence-electron chi connectivity index (χ0n) is 87.3. The predicted molar refractivity (Wildman–Crippen MR) is 574 cm³/mol. The highest BCUT2D eigenvalue weighted by Gasteiger charge is 2.46. The molecule has 0 spiro atoms. The summed E-state index contributed by atoms with van der Waals surface area (Å²) < 4.78 is 100. The summed E-state index contributed by atoms with van der Waals surface area (Å²) in [7, 11) is 0. The molecule has 145 heavy (non-hydrogen) atoms. The van der Waals surface area contributed by atoms with E-state index in [9.17, 15) is 51.8 Å². The van der Waals surface area contributed by atoms with Crippen molar-refractivity contribution >= 4 is 89.9 Å². The summed E-state index contributed by atoms with van der Waals surface area (Å²) in [5.74, 6) is 1.66. The Hall–Kier alpha value is -11.0. The van der Waals surface area contributed by atoms with Crippen molar-refractivity contribution in [3.05, 3.63) is 279 Å². The number of isocyanates is 1. The quantitative estimate of drug-likeness (QED) is 0.00323. The molecular weight excluding hydrogens is 1990 g/mol. The molecule has 792 valence electrons. The van der Waals surface area contributed by atoms with Gasteiger partial charge in [-0.1, -0.05) is 149 Å². The number of rotatable bonds is 34. The number of nitrogens with zero attached hydrogens (tertiary/aromatic N) is 11. The Bertz CT molecular complexity index is 5260. The van der Waals surface area contributed by atoms with Gasteiger partial charge in [0.25, 0.3) is 34.3 Å². The fraction of sp³-hybridized carbons (Fsp3) is 0.559. The molecule has 5 aliphatic heterocycles. The lowest BCUT2D eigenvalue weighted by atomic mass is 9.83. The van der Waals surface area contributed by atoms with Crippen molar-refractivity contribution in [2.24, 2.45) is 52.3 Å². The van der Waals surface area contributed by atoms with Crippen molar-refractivity contribution in [3.63, 3.8) is 0 Å². The van der Waals surface area contributed by atoms with Crippen LogP contribution in [0.1, 0.15) is 208 Å². The summed E-state index contributed by atoms with van der Waals surface area (Å²) in [4.78, 5) is 70.3. The number of carbonyl (C=O) groups excluding carboxylic acids is 2. The highest BCUT2D eigenvalue weighted by Crippen LogP contribution is 2.45. The molecule has 27 nitrogen and oxygen atoms in total. The number of aliphatic imine (C=N–C) groups is 1. The number of nitro groups is 2.